The van der Waals surface area contributed by atoms with E-state index in [9.17, 15) is 13.6 Å². The first-order chi connectivity index (χ1) is 14.7. The number of hydrogen-bond donors (Lipinski definition) is 1. The average Bonchev–Trinajstić information content (AvgIpc) is 3.18. The first kappa shape index (κ1) is 22.5. The molecule has 9 heteroatoms. The molecule has 2 fully saturated rings. The van der Waals surface area contributed by atoms with Gasteiger partial charge in [-0.3, -0.25) is 9.58 Å². The van der Waals surface area contributed by atoms with E-state index in [2.05, 4.69) is 5.10 Å². The van der Waals surface area contributed by atoms with E-state index in [-0.39, 0.29) is 24.3 Å². The zero-order valence-corrected chi connectivity index (χ0v) is 18.6. The smallest absolute Gasteiger partial charge is 0.407 e. The van der Waals surface area contributed by atoms with Crippen molar-refractivity contribution in [2.45, 2.75) is 69.9 Å². The molecule has 0 bridgehead atoms. The van der Waals surface area contributed by atoms with Crippen LogP contribution >= 0.6 is 0 Å². The number of nitrogens with zero attached hydrogens (tertiary/aromatic N) is 4. The molecule has 31 heavy (non-hydrogen) atoms. The summed E-state index contributed by atoms with van der Waals surface area (Å²) < 4.78 is 35.6. The fraction of sp³-hybridized carbons (Fsp3) is 0.818. The van der Waals surface area contributed by atoms with Gasteiger partial charge in [-0.25, -0.2) is 13.6 Å². The molecule has 0 aromatic carbocycles. The van der Waals surface area contributed by atoms with Crippen molar-refractivity contribution in [3.05, 3.63) is 17.0 Å². The molecule has 1 spiro atoms. The number of fused-ring (bicyclic) bond motifs is 1. The second kappa shape index (κ2) is 8.65. The Labute approximate surface area is 182 Å². The Kier molecular flexibility index (Phi) is 6.27. The molecule has 174 valence electrons. The summed E-state index contributed by atoms with van der Waals surface area (Å²) in [6.07, 6.45) is 5.27. The summed E-state index contributed by atoms with van der Waals surface area (Å²) in [6.45, 7) is 2.83. The van der Waals surface area contributed by atoms with E-state index in [4.69, 9.17) is 9.84 Å². The lowest BCUT2D eigenvalue weighted by molar-refractivity contribution is -0.0309. The topological polar surface area (TPSA) is 70.8 Å². The number of carbonyl (C=O) groups is 1. The zero-order valence-electron chi connectivity index (χ0n) is 18.6. The summed E-state index contributed by atoms with van der Waals surface area (Å²) >= 11 is 0. The van der Waals surface area contributed by atoms with Crippen LogP contribution in [-0.4, -0.2) is 77.1 Å². The van der Waals surface area contributed by atoms with Gasteiger partial charge in [0.25, 0.3) is 5.92 Å². The second-order valence-electron chi connectivity index (χ2n) is 9.87. The summed E-state index contributed by atoms with van der Waals surface area (Å²) in [6, 6.07) is 0. The molecule has 1 aromatic heterocycles. The number of aromatic nitrogens is 2. The lowest BCUT2D eigenvalue weighted by atomic mass is 9.66. The van der Waals surface area contributed by atoms with Gasteiger partial charge in [0, 0.05) is 44.5 Å². The van der Waals surface area contributed by atoms with Crippen LogP contribution in [0, 0.1) is 5.41 Å². The summed E-state index contributed by atoms with van der Waals surface area (Å²) in [5, 5.41) is 13.7. The van der Waals surface area contributed by atoms with Crippen LogP contribution < -0.4 is 0 Å². The monoisotopic (exact) mass is 440 g/mol. The molecule has 1 N–H and O–H groups in total. The van der Waals surface area contributed by atoms with E-state index >= 15 is 0 Å². The molecule has 0 atom stereocenters. The Morgan fingerprint density at radius 1 is 1.26 bits per heavy atom. The molecule has 1 saturated carbocycles. The minimum atomic E-state index is -2.72. The third-order valence-corrected chi connectivity index (χ3v) is 7.40. The van der Waals surface area contributed by atoms with Crippen molar-refractivity contribution in [2.75, 3.05) is 40.4 Å². The Balaban J connectivity index is 1.49. The van der Waals surface area contributed by atoms with Crippen molar-refractivity contribution in [3.63, 3.8) is 0 Å². The normalized spacial score (nSPS) is 27.6. The van der Waals surface area contributed by atoms with Gasteiger partial charge in [-0.2, -0.15) is 5.10 Å². The van der Waals surface area contributed by atoms with Gasteiger partial charge >= 0.3 is 6.09 Å². The number of amides is 1. The molecule has 3 heterocycles. The molecule has 1 saturated heterocycles. The molecule has 1 amide bonds. The lowest BCUT2D eigenvalue weighted by Gasteiger charge is -2.42. The third kappa shape index (κ3) is 4.87. The second-order valence-corrected chi connectivity index (χ2v) is 9.87. The summed E-state index contributed by atoms with van der Waals surface area (Å²) in [5.41, 5.74) is 2.89. The van der Waals surface area contributed by atoms with Crippen molar-refractivity contribution in [1.82, 2.24) is 19.6 Å². The van der Waals surface area contributed by atoms with Crippen molar-refractivity contribution < 1.29 is 23.4 Å². The minimum absolute atomic E-state index is 0.231. The van der Waals surface area contributed by atoms with Crippen molar-refractivity contribution in [3.8, 4) is 0 Å². The Hall–Kier alpha value is -1.74. The van der Waals surface area contributed by atoms with E-state index in [1.807, 2.05) is 11.9 Å². The van der Waals surface area contributed by atoms with Crippen molar-refractivity contribution >= 4 is 6.09 Å². The molecule has 7 nitrogen and oxygen atoms in total. The highest BCUT2D eigenvalue weighted by Crippen LogP contribution is 2.49. The van der Waals surface area contributed by atoms with Gasteiger partial charge in [0.05, 0.1) is 18.7 Å². The first-order valence-electron chi connectivity index (χ1n) is 11.3. The number of hydrogen-bond acceptors (Lipinski definition) is 4. The van der Waals surface area contributed by atoms with Gasteiger partial charge in [-0.05, 0) is 56.9 Å². The van der Waals surface area contributed by atoms with Crippen LogP contribution in [0.15, 0.2) is 0 Å². The molecule has 3 aliphatic rings. The van der Waals surface area contributed by atoms with Gasteiger partial charge in [0.1, 0.15) is 6.54 Å². The first-order valence-corrected chi connectivity index (χ1v) is 11.3. The van der Waals surface area contributed by atoms with Gasteiger partial charge in [-0.1, -0.05) is 0 Å². The number of likely N-dealkylation sites (N-methyl/N-ethyl adjacent to an activating group) is 2. The summed E-state index contributed by atoms with van der Waals surface area (Å²) in [7, 11) is 3.47. The lowest BCUT2D eigenvalue weighted by Crippen LogP contribution is -2.36. The molecular formula is C22H34F2N4O3. The molecule has 0 unspecified atom stereocenters. The maximum absolute atomic E-state index is 14.1. The Morgan fingerprint density at radius 3 is 2.65 bits per heavy atom. The van der Waals surface area contributed by atoms with Crippen molar-refractivity contribution in [1.29, 1.82) is 0 Å². The maximum atomic E-state index is 14.1. The van der Waals surface area contributed by atoms with Gasteiger partial charge in [0.2, 0.25) is 0 Å². The molecule has 1 aromatic rings. The van der Waals surface area contributed by atoms with Crippen LogP contribution in [0.1, 0.15) is 61.4 Å². The van der Waals surface area contributed by atoms with Gasteiger partial charge in [-0.15, -0.1) is 0 Å². The highest BCUT2D eigenvalue weighted by atomic mass is 19.3. The van der Waals surface area contributed by atoms with E-state index in [1.165, 1.54) is 16.0 Å². The van der Waals surface area contributed by atoms with Gasteiger partial charge < -0.3 is 14.7 Å². The summed E-state index contributed by atoms with van der Waals surface area (Å²) in [4.78, 5) is 14.3. The predicted molar refractivity (Wildman–Crippen MR) is 112 cm³/mol. The molecule has 0 radical (unpaired) electrons. The fourth-order valence-corrected chi connectivity index (χ4v) is 5.57. The van der Waals surface area contributed by atoms with Crippen LogP contribution in [0.5, 0.6) is 0 Å². The standard InChI is InChI=1S/C22H34F2N4O3/c1-26(9-10-27(2)20(29)30)13-17-19(18-12-22(23,24)14-28(18)25-17)16-4-7-21(8-5-16)6-3-11-31-15-21/h16H,3-15H2,1-2H3,(H,29,30). The van der Waals surface area contributed by atoms with Crippen LogP contribution in [0.3, 0.4) is 0 Å². The number of rotatable bonds is 6. The van der Waals surface area contributed by atoms with Gasteiger partial charge in [0.15, 0.2) is 0 Å². The van der Waals surface area contributed by atoms with Crippen LogP contribution in [0.25, 0.3) is 0 Å². The molecule has 4 rings (SSSR count). The zero-order chi connectivity index (χ0) is 22.2. The average molecular weight is 441 g/mol. The van der Waals surface area contributed by atoms with E-state index in [0.29, 0.717) is 25.3 Å². The largest absolute Gasteiger partial charge is 0.465 e. The van der Waals surface area contributed by atoms with E-state index in [0.717, 1.165) is 56.6 Å². The highest BCUT2D eigenvalue weighted by Gasteiger charge is 2.44. The Bertz CT molecular complexity index is 797. The van der Waals surface area contributed by atoms with Crippen LogP contribution in [0.2, 0.25) is 0 Å². The fourth-order valence-electron chi connectivity index (χ4n) is 5.57. The molecular weight excluding hydrogens is 406 g/mol. The predicted octanol–water partition coefficient (Wildman–Crippen LogP) is 3.57. The van der Waals surface area contributed by atoms with Crippen LogP contribution in [0.4, 0.5) is 13.6 Å². The van der Waals surface area contributed by atoms with Crippen molar-refractivity contribution in [2.24, 2.45) is 5.41 Å². The SMILES string of the molecule is CN(CCN(C)C(=O)O)Cc1nn2c(c1C1CCC3(CCCOC3)CC1)CC(F)(F)C2. The van der Waals surface area contributed by atoms with E-state index in [1.54, 1.807) is 7.05 Å². The number of ether oxygens (including phenoxy) is 1. The van der Waals surface area contributed by atoms with E-state index < -0.39 is 12.0 Å². The molecule has 1 aliphatic carbocycles. The minimum Gasteiger partial charge on any atom is -0.465 e. The maximum Gasteiger partial charge on any atom is 0.407 e. The highest BCUT2D eigenvalue weighted by molar-refractivity contribution is 5.64. The number of alkyl halides is 2. The molecule has 2 aliphatic heterocycles. The summed E-state index contributed by atoms with van der Waals surface area (Å²) in [5.74, 6) is -2.46. The Morgan fingerprint density at radius 2 is 2.00 bits per heavy atom. The third-order valence-electron chi connectivity index (χ3n) is 7.40. The van der Waals surface area contributed by atoms with Crippen LogP contribution in [-0.2, 0) is 24.2 Å². The number of carboxylic acid groups (broad SMARTS) is 1. The number of halogens is 2. The quantitative estimate of drug-likeness (QED) is 0.732.